The number of carbonyl (C=O) groups excluding carboxylic acids is 3. The number of rotatable bonds is 5. The number of ether oxygens (including phenoxy) is 1. The Morgan fingerprint density at radius 1 is 1.10 bits per heavy atom. The van der Waals surface area contributed by atoms with Crippen molar-refractivity contribution in [2.24, 2.45) is 5.92 Å². The van der Waals surface area contributed by atoms with Gasteiger partial charge >= 0.3 is 12.0 Å². The lowest BCUT2D eigenvalue weighted by molar-refractivity contribution is -0.141. The predicted octanol–water partition coefficient (Wildman–Crippen LogP) is 3.85. The number of fused-ring (bicyclic) bond motifs is 2. The topological polar surface area (TPSA) is 87.7 Å². The van der Waals surface area contributed by atoms with Crippen LogP contribution in [0.2, 0.25) is 0 Å². The van der Waals surface area contributed by atoms with Crippen molar-refractivity contribution in [2.45, 2.75) is 48.6 Å². The smallest absolute Gasteiger partial charge is 0.328 e. The molecule has 162 valence electrons. The molecule has 0 bridgehead atoms. The van der Waals surface area contributed by atoms with E-state index in [1.807, 2.05) is 62.4 Å². The average Bonchev–Trinajstić information content (AvgIpc) is 3.15. The molecule has 3 amide bonds. The van der Waals surface area contributed by atoms with Crippen molar-refractivity contribution in [3.8, 4) is 0 Å². The molecule has 2 aliphatic heterocycles. The number of anilines is 2. The summed E-state index contributed by atoms with van der Waals surface area (Å²) in [5, 5.41) is 5.63. The number of urea groups is 1. The van der Waals surface area contributed by atoms with Crippen molar-refractivity contribution in [1.82, 2.24) is 10.6 Å². The third-order valence-corrected chi connectivity index (χ3v) is 6.34. The van der Waals surface area contributed by atoms with Crippen LogP contribution in [-0.4, -0.2) is 36.6 Å². The highest BCUT2D eigenvalue weighted by Gasteiger charge is 2.34. The van der Waals surface area contributed by atoms with Gasteiger partial charge in [0.15, 0.2) is 0 Å². The first kappa shape index (κ1) is 21.2. The Morgan fingerprint density at radius 2 is 1.71 bits per heavy atom. The zero-order valence-electron chi connectivity index (χ0n) is 17.5. The summed E-state index contributed by atoms with van der Waals surface area (Å²) in [7, 11) is 0. The van der Waals surface area contributed by atoms with Gasteiger partial charge in [-0.3, -0.25) is 9.69 Å². The number of hydrogen-bond donors (Lipinski definition) is 2. The molecular weight excluding hydrogens is 414 g/mol. The summed E-state index contributed by atoms with van der Waals surface area (Å²) >= 11 is 1.61. The maximum Gasteiger partial charge on any atom is 0.328 e. The van der Waals surface area contributed by atoms with Crippen molar-refractivity contribution in [3.63, 3.8) is 0 Å². The zero-order chi connectivity index (χ0) is 22.0. The fourth-order valence-corrected chi connectivity index (χ4v) is 4.80. The monoisotopic (exact) mass is 439 g/mol. The van der Waals surface area contributed by atoms with Gasteiger partial charge in [0.1, 0.15) is 12.1 Å². The molecule has 1 saturated heterocycles. The molecule has 0 spiro atoms. The largest absolute Gasteiger partial charge is 0.464 e. The molecule has 2 N–H and O–H groups in total. The molecule has 4 rings (SSSR count). The van der Waals surface area contributed by atoms with Gasteiger partial charge < -0.3 is 15.4 Å². The zero-order valence-corrected chi connectivity index (χ0v) is 18.3. The SMILES string of the molecule is CC(C)C[C@H](NC(=O)N1c2ccccc2Sc2ccccc21)C(=O)N[C@H]1CCOC1=O. The lowest BCUT2D eigenvalue weighted by Crippen LogP contribution is -2.53. The van der Waals surface area contributed by atoms with E-state index in [-0.39, 0.29) is 17.9 Å². The molecule has 2 aromatic carbocycles. The van der Waals surface area contributed by atoms with Gasteiger partial charge in [-0.05, 0) is 36.6 Å². The van der Waals surface area contributed by atoms with Gasteiger partial charge in [-0.25, -0.2) is 9.59 Å². The summed E-state index contributed by atoms with van der Waals surface area (Å²) < 4.78 is 4.93. The van der Waals surface area contributed by atoms with E-state index in [1.54, 1.807) is 16.7 Å². The van der Waals surface area contributed by atoms with Crippen LogP contribution in [0.4, 0.5) is 16.2 Å². The number of amides is 3. The Morgan fingerprint density at radius 3 is 2.26 bits per heavy atom. The van der Waals surface area contributed by atoms with E-state index in [0.717, 1.165) is 21.2 Å². The maximum absolute atomic E-state index is 13.5. The molecule has 0 radical (unpaired) electrons. The minimum Gasteiger partial charge on any atom is -0.464 e. The Balaban J connectivity index is 1.59. The summed E-state index contributed by atoms with van der Waals surface area (Å²) in [4.78, 5) is 41.7. The van der Waals surface area contributed by atoms with Crippen LogP contribution in [0.15, 0.2) is 58.3 Å². The van der Waals surface area contributed by atoms with Crippen molar-refractivity contribution >= 4 is 41.0 Å². The van der Waals surface area contributed by atoms with E-state index < -0.39 is 18.1 Å². The van der Waals surface area contributed by atoms with Gasteiger partial charge in [0, 0.05) is 16.2 Å². The summed E-state index contributed by atoms with van der Waals surface area (Å²) in [5.41, 5.74) is 1.54. The van der Waals surface area contributed by atoms with E-state index in [0.29, 0.717) is 19.4 Å². The second kappa shape index (κ2) is 9.01. The summed E-state index contributed by atoms with van der Waals surface area (Å²) in [6, 6.07) is 13.6. The molecule has 31 heavy (non-hydrogen) atoms. The molecule has 2 atom stereocenters. The van der Waals surface area contributed by atoms with Crippen LogP contribution < -0.4 is 15.5 Å². The van der Waals surface area contributed by atoms with Gasteiger partial charge in [0.05, 0.1) is 18.0 Å². The van der Waals surface area contributed by atoms with E-state index in [2.05, 4.69) is 10.6 Å². The van der Waals surface area contributed by atoms with E-state index in [9.17, 15) is 14.4 Å². The minimum absolute atomic E-state index is 0.170. The van der Waals surface area contributed by atoms with E-state index in [1.165, 1.54) is 0 Å². The van der Waals surface area contributed by atoms with Gasteiger partial charge in [-0.2, -0.15) is 0 Å². The Hall–Kier alpha value is -3.00. The lowest BCUT2D eigenvalue weighted by atomic mass is 10.0. The highest BCUT2D eigenvalue weighted by Crippen LogP contribution is 2.47. The molecule has 0 saturated carbocycles. The van der Waals surface area contributed by atoms with Crippen molar-refractivity contribution in [2.75, 3.05) is 11.5 Å². The summed E-state index contributed by atoms with van der Waals surface area (Å²) in [6.45, 7) is 4.26. The third kappa shape index (κ3) is 4.54. The predicted molar refractivity (Wildman–Crippen MR) is 118 cm³/mol. The molecule has 8 heteroatoms. The van der Waals surface area contributed by atoms with Gasteiger partial charge in [0.2, 0.25) is 5.91 Å². The minimum atomic E-state index is -0.769. The first-order valence-corrected chi connectivity index (χ1v) is 11.2. The fourth-order valence-electron chi connectivity index (χ4n) is 3.74. The van der Waals surface area contributed by atoms with E-state index >= 15 is 0 Å². The van der Waals surface area contributed by atoms with Crippen LogP contribution in [0.25, 0.3) is 0 Å². The number of nitrogens with one attached hydrogen (secondary N) is 2. The molecule has 0 aromatic heterocycles. The molecule has 2 heterocycles. The Bertz CT molecular complexity index is 964. The van der Waals surface area contributed by atoms with Crippen LogP contribution in [-0.2, 0) is 14.3 Å². The fraction of sp³-hybridized carbons (Fsp3) is 0.348. The van der Waals surface area contributed by atoms with Crippen LogP contribution in [0.3, 0.4) is 0 Å². The van der Waals surface area contributed by atoms with Gasteiger partial charge in [0.25, 0.3) is 0 Å². The number of para-hydroxylation sites is 2. The van der Waals surface area contributed by atoms with Crippen molar-refractivity contribution in [3.05, 3.63) is 48.5 Å². The first-order chi connectivity index (χ1) is 14.9. The van der Waals surface area contributed by atoms with Gasteiger partial charge in [-0.15, -0.1) is 0 Å². The van der Waals surface area contributed by atoms with Crippen LogP contribution >= 0.6 is 11.8 Å². The Kier molecular flexibility index (Phi) is 6.18. The molecule has 2 aliphatic rings. The van der Waals surface area contributed by atoms with Gasteiger partial charge in [-0.1, -0.05) is 49.9 Å². The highest BCUT2D eigenvalue weighted by atomic mass is 32.2. The Labute approximate surface area is 185 Å². The number of esters is 1. The standard InChI is InChI=1S/C23H25N3O4S/c1-14(2)13-16(21(27)24-15-11-12-30-22(15)28)25-23(29)26-17-7-3-5-9-19(17)31-20-10-6-4-8-18(20)26/h3-10,14-16H,11-13H2,1-2H3,(H,24,27)(H,25,29)/t15-,16-/m0/s1. The molecule has 2 aromatic rings. The average molecular weight is 440 g/mol. The number of nitrogens with zero attached hydrogens (tertiary/aromatic N) is 1. The van der Waals surface area contributed by atoms with E-state index in [4.69, 9.17) is 4.74 Å². The van der Waals surface area contributed by atoms with Crippen molar-refractivity contribution in [1.29, 1.82) is 0 Å². The second-order valence-corrected chi connectivity index (χ2v) is 9.11. The number of carbonyl (C=O) groups is 3. The van der Waals surface area contributed by atoms with Crippen molar-refractivity contribution < 1.29 is 19.1 Å². The quantitative estimate of drug-likeness (QED) is 0.691. The normalized spacial score (nSPS) is 18.1. The first-order valence-electron chi connectivity index (χ1n) is 10.4. The van der Waals surface area contributed by atoms with Crippen LogP contribution in [0.1, 0.15) is 26.7 Å². The third-order valence-electron chi connectivity index (χ3n) is 5.21. The molecule has 0 unspecified atom stereocenters. The van der Waals surface area contributed by atoms with Crippen LogP contribution in [0, 0.1) is 5.92 Å². The lowest BCUT2D eigenvalue weighted by Gasteiger charge is -2.32. The molecule has 1 fully saturated rings. The number of cyclic esters (lactones) is 1. The molecule has 7 nitrogen and oxygen atoms in total. The molecule has 0 aliphatic carbocycles. The number of benzene rings is 2. The maximum atomic E-state index is 13.5. The van der Waals surface area contributed by atoms with Crippen LogP contribution in [0.5, 0.6) is 0 Å². The highest BCUT2D eigenvalue weighted by molar-refractivity contribution is 7.99. The summed E-state index contributed by atoms with van der Waals surface area (Å²) in [5.74, 6) is -0.638. The summed E-state index contributed by atoms with van der Waals surface area (Å²) in [6.07, 6.45) is 0.891. The number of hydrogen-bond acceptors (Lipinski definition) is 5. The molecular formula is C23H25N3O4S. The second-order valence-electron chi connectivity index (χ2n) is 8.02.